The lowest BCUT2D eigenvalue weighted by molar-refractivity contribution is -0.118. The van der Waals surface area contributed by atoms with Crippen molar-refractivity contribution in [1.82, 2.24) is 0 Å². The Bertz CT molecular complexity index is 1190. The van der Waals surface area contributed by atoms with Gasteiger partial charge >= 0.3 is 0 Å². The van der Waals surface area contributed by atoms with Crippen LogP contribution in [0.15, 0.2) is 69.6 Å². The molecule has 4 nitrogen and oxygen atoms in total. The Kier molecular flexibility index (Phi) is 5.22. The normalized spacial score (nSPS) is 20.6. The minimum atomic E-state index is -0.723. The quantitative estimate of drug-likeness (QED) is 0.597. The second kappa shape index (κ2) is 7.61. The average molecular weight is 484 g/mol. The lowest BCUT2D eigenvalue weighted by atomic mass is 9.68. The highest BCUT2D eigenvalue weighted by atomic mass is 79.9. The number of allylic oxidation sites excluding steroid dienone is 3. The van der Waals surface area contributed by atoms with E-state index in [4.69, 9.17) is 5.73 Å². The van der Waals surface area contributed by atoms with Gasteiger partial charge in [-0.1, -0.05) is 41.9 Å². The number of benzene rings is 2. The highest BCUT2D eigenvalue weighted by molar-refractivity contribution is 9.10. The van der Waals surface area contributed by atoms with E-state index >= 15 is 0 Å². The summed E-state index contributed by atoms with van der Waals surface area (Å²) in [5, 5.41) is 9.98. The Morgan fingerprint density at radius 2 is 1.84 bits per heavy atom. The molecule has 1 aliphatic heterocycles. The molecule has 0 saturated carbocycles. The van der Waals surface area contributed by atoms with Crippen LogP contribution in [0.5, 0.6) is 0 Å². The van der Waals surface area contributed by atoms with E-state index in [9.17, 15) is 18.8 Å². The van der Waals surface area contributed by atoms with Gasteiger partial charge in [-0.2, -0.15) is 5.26 Å². The van der Waals surface area contributed by atoms with Gasteiger partial charge in [-0.3, -0.25) is 9.69 Å². The number of carbonyl (C=O) groups excluding carboxylic acids is 1. The van der Waals surface area contributed by atoms with Crippen LogP contribution >= 0.6 is 15.9 Å². The fourth-order valence-electron chi connectivity index (χ4n) is 4.44. The summed E-state index contributed by atoms with van der Waals surface area (Å²) in [6.07, 6.45) is 0.763. The third kappa shape index (κ3) is 3.66. The summed E-state index contributed by atoms with van der Waals surface area (Å²) in [4.78, 5) is 14.8. The van der Waals surface area contributed by atoms with Crippen molar-refractivity contribution in [2.24, 2.45) is 11.1 Å². The number of nitrogens with two attached hydrogens (primary N) is 1. The number of hydrogen-bond donors (Lipinski definition) is 1. The maximum Gasteiger partial charge on any atom is 0.162 e. The van der Waals surface area contributed by atoms with Crippen LogP contribution in [0.3, 0.4) is 0 Å². The molecular weight excluding hydrogens is 464 g/mol. The van der Waals surface area contributed by atoms with Crippen LogP contribution in [-0.4, -0.2) is 5.78 Å². The number of Topliss-reactive ketones (excluding diaryl/α,β-unsaturated/α-hetero) is 1. The number of nitriles is 1. The smallest absolute Gasteiger partial charge is 0.162 e. The molecular formula is C24H20BrF2N3O. The van der Waals surface area contributed by atoms with Crippen LogP contribution in [0.1, 0.15) is 38.2 Å². The average Bonchev–Trinajstić information content (AvgIpc) is 2.68. The van der Waals surface area contributed by atoms with E-state index in [2.05, 4.69) is 22.0 Å². The Morgan fingerprint density at radius 1 is 1.16 bits per heavy atom. The largest absolute Gasteiger partial charge is 0.384 e. The van der Waals surface area contributed by atoms with Gasteiger partial charge in [0.1, 0.15) is 17.5 Å². The second-order valence-electron chi connectivity index (χ2n) is 8.63. The first-order valence-electron chi connectivity index (χ1n) is 9.79. The molecule has 4 rings (SSSR count). The SMILES string of the molecule is CC1(C)CC(=O)C2=C(C1)N(c1ccc(Br)cc1F)C(N)=C(C#N)C2c1ccc(F)cc1. The minimum absolute atomic E-state index is 0.0716. The summed E-state index contributed by atoms with van der Waals surface area (Å²) in [7, 11) is 0. The van der Waals surface area contributed by atoms with Crippen molar-refractivity contribution in [1.29, 1.82) is 5.26 Å². The van der Waals surface area contributed by atoms with Gasteiger partial charge in [-0.05, 0) is 47.7 Å². The standard InChI is InChI=1S/C24H20BrF2N3O/c1-24(2)10-19-22(20(31)11-24)21(13-3-6-15(26)7-4-13)16(12-28)23(29)30(19)18-8-5-14(25)9-17(18)27/h3-9,21H,10-11,29H2,1-2H3. The summed E-state index contributed by atoms with van der Waals surface area (Å²) in [6, 6.07) is 12.4. The predicted molar refractivity (Wildman–Crippen MR) is 118 cm³/mol. The van der Waals surface area contributed by atoms with Crippen molar-refractivity contribution in [3.8, 4) is 6.07 Å². The van der Waals surface area contributed by atoms with Crippen molar-refractivity contribution in [3.05, 3.63) is 86.8 Å². The Morgan fingerprint density at radius 3 is 2.45 bits per heavy atom. The molecule has 158 valence electrons. The van der Waals surface area contributed by atoms with Crippen molar-refractivity contribution >= 4 is 27.4 Å². The highest BCUT2D eigenvalue weighted by Crippen LogP contribution is 2.50. The lowest BCUT2D eigenvalue weighted by Crippen LogP contribution is -2.42. The van der Waals surface area contributed by atoms with Crippen molar-refractivity contribution in [2.75, 3.05) is 4.90 Å². The topological polar surface area (TPSA) is 70.1 Å². The van der Waals surface area contributed by atoms with Crippen LogP contribution in [-0.2, 0) is 4.79 Å². The molecule has 1 heterocycles. The molecule has 0 bridgehead atoms. The first-order valence-corrected chi connectivity index (χ1v) is 10.6. The zero-order chi connectivity index (χ0) is 22.5. The maximum absolute atomic E-state index is 15.0. The van der Waals surface area contributed by atoms with E-state index in [0.29, 0.717) is 34.1 Å². The highest BCUT2D eigenvalue weighted by Gasteiger charge is 2.45. The van der Waals surface area contributed by atoms with Gasteiger partial charge in [0.25, 0.3) is 0 Å². The molecule has 2 N–H and O–H groups in total. The molecule has 1 atom stereocenters. The summed E-state index contributed by atoms with van der Waals surface area (Å²) < 4.78 is 29.1. The van der Waals surface area contributed by atoms with Crippen LogP contribution in [0.2, 0.25) is 0 Å². The first-order chi connectivity index (χ1) is 14.6. The molecule has 1 unspecified atom stereocenters. The fraction of sp³-hybridized carbons (Fsp3) is 0.250. The molecule has 1 aliphatic carbocycles. The number of carbonyl (C=O) groups is 1. The van der Waals surface area contributed by atoms with Gasteiger partial charge in [-0.15, -0.1) is 0 Å². The van der Waals surface area contributed by atoms with Crippen LogP contribution in [0.25, 0.3) is 0 Å². The molecule has 0 spiro atoms. The number of halogens is 3. The molecule has 7 heteroatoms. The van der Waals surface area contributed by atoms with E-state index in [1.165, 1.54) is 23.1 Å². The van der Waals surface area contributed by atoms with Crippen molar-refractivity contribution in [2.45, 2.75) is 32.6 Å². The third-order valence-electron chi connectivity index (χ3n) is 5.73. The number of ketones is 1. The molecule has 0 radical (unpaired) electrons. The summed E-state index contributed by atoms with van der Waals surface area (Å²) in [5.41, 5.74) is 7.99. The molecule has 2 aromatic rings. The number of rotatable bonds is 2. The summed E-state index contributed by atoms with van der Waals surface area (Å²) >= 11 is 3.25. The van der Waals surface area contributed by atoms with E-state index in [1.54, 1.807) is 24.3 Å². The second-order valence-corrected chi connectivity index (χ2v) is 9.54. The molecule has 2 aromatic carbocycles. The molecule has 0 saturated heterocycles. The number of nitrogens with zero attached hydrogens (tertiary/aromatic N) is 2. The Labute approximate surface area is 187 Å². The van der Waals surface area contributed by atoms with Crippen LogP contribution in [0.4, 0.5) is 14.5 Å². The van der Waals surface area contributed by atoms with Crippen molar-refractivity contribution < 1.29 is 13.6 Å². The summed E-state index contributed by atoms with van der Waals surface area (Å²) in [5.74, 6) is -1.72. The molecule has 2 aliphatic rings. The number of hydrogen-bond acceptors (Lipinski definition) is 4. The van der Waals surface area contributed by atoms with Gasteiger partial charge in [0, 0.05) is 22.2 Å². The van der Waals surface area contributed by atoms with Crippen LogP contribution in [0, 0.1) is 28.4 Å². The fourth-order valence-corrected chi connectivity index (χ4v) is 4.77. The number of anilines is 1. The van der Waals surface area contributed by atoms with Crippen molar-refractivity contribution in [3.63, 3.8) is 0 Å². The van der Waals surface area contributed by atoms with E-state index in [0.717, 1.165) is 0 Å². The third-order valence-corrected chi connectivity index (χ3v) is 6.23. The predicted octanol–water partition coefficient (Wildman–Crippen LogP) is 5.67. The summed E-state index contributed by atoms with van der Waals surface area (Å²) in [6.45, 7) is 3.94. The Balaban J connectivity index is 2.01. The van der Waals surface area contributed by atoms with Crippen LogP contribution < -0.4 is 10.6 Å². The maximum atomic E-state index is 15.0. The van der Waals surface area contributed by atoms with E-state index in [1.807, 2.05) is 13.8 Å². The first kappa shape index (κ1) is 21.3. The Hall–Kier alpha value is -2.98. The van der Waals surface area contributed by atoms with Gasteiger partial charge in [0.15, 0.2) is 5.78 Å². The molecule has 0 amide bonds. The monoisotopic (exact) mass is 483 g/mol. The minimum Gasteiger partial charge on any atom is -0.384 e. The molecule has 0 aromatic heterocycles. The van der Waals surface area contributed by atoms with Gasteiger partial charge in [-0.25, -0.2) is 8.78 Å². The molecule has 0 fully saturated rings. The molecule has 31 heavy (non-hydrogen) atoms. The van der Waals surface area contributed by atoms with E-state index < -0.39 is 17.6 Å². The van der Waals surface area contributed by atoms with Gasteiger partial charge < -0.3 is 5.73 Å². The van der Waals surface area contributed by atoms with Gasteiger partial charge in [0.2, 0.25) is 0 Å². The van der Waals surface area contributed by atoms with E-state index in [-0.39, 0.29) is 28.3 Å². The lowest BCUT2D eigenvalue weighted by Gasteiger charge is -2.43. The zero-order valence-electron chi connectivity index (χ0n) is 17.0. The zero-order valence-corrected chi connectivity index (χ0v) is 18.6. The van der Waals surface area contributed by atoms with Gasteiger partial charge in [0.05, 0.1) is 23.2 Å².